The summed E-state index contributed by atoms with van der Waals surface area (Å²) >= 11 is 0. The van der Waals surface area contributed by atoms with E-state index in [1.807, 2.05) is 0 Å². The lowest BCUT2D eigenvalue weighted by Gasteiger charge is -2.20. The first kappa shape index (κ1) is 24.6. The number of carbonyl (C=O) groups excluding carboxylic acids is 2. The Hall–Kier alpha value is -2.63. The van der Waals surface area contributed by atoms with Gasteiger partial charge in [0.2, 0.25) is 0 Å². The lowest BCUT2D eigenvalue weighted by molar-refractivity contribution is 0.0989. The molecule has 6 heteroatoms. The van der Waals surface area contributed by atoms with Crippen LogP contribution < -0.4 is 9.47 Å². The van der Waals surface area contributed by atoms with E-state index in [1.165, 1.54) is 71.3 Å². The molecule has 0 bridgehead atoms. The molecule has 0 fully saturated rings. The predicted octanol–water partition coefficient (Wildman–Crippen LogP) is 6.13. The molecule has 1 aromatic carbocycles. The van der Waals surface area contributed by atoms with Gasteiger partial charge in [-0.1, -0.05) is 69.9 Å². The lowest BCUT2D eigenvalue weighted by atomic mass is 9.88. The molecule has 0 aromatic heterocycles. The van der Waals surface area contributed by atoms with Crippen molar-refractivity contribution in [3.63, 3.8) is 0 Å². The Bertz CT molecular complexity index is 826. The number of unbranched alkanes of at least 4 members (excludes halogenated alkanes) is 9. The van der Waals surface area contributed by atoms with Crippen LogP contribution in [0.3, 0.4) is 0 Å². The van der Waals surface area contributed by atoms with E-state index in [2.05, 4.69) is 12.1 Å². The third kappa shape index (κ3) is 6.42. The summed E-state index contributed by atoms with van der Waals surface area (Å²) < 4.78 is 10.9. The number of ether oxygens (including phenoxy) is 2. The topological polar surface area (TPSA) is 85.2 Å². The van der Waals surface area contributed by atoms with Gasteiger partial charge in [-0.2, -0.15) is 0 Å². The number of hydrogen-bond donors (Lipinski definition) is 1. The molecule has 0 saturated carbocycles. The molecule has 1 N–H and O–H groups in total. The van der Waals surface area contributed by atoms with Gasteiger partial charge in [-0.3, -0.25) is 9.59 Å². The average Bonchev–Trinajstić information content (AvgIpc) is 2.79. The van der Waals surface area contributed by atoms with Crippen LogP contribution in [0.15, 0.2) is 23.4 Å². The van der Waals surface area contributed by atoms with E-state index in [0.29, 0.717) is 17.7 Å². The number of benzene rings is 1. The molecule has 170 valence electrons. The fraction of sp³-hybridized carbons (Fsp3) is 0.560. The normalized spacial score (nSPS) is 13.5. The van der Waals surface area contributed by atoms with Crippen molar-refractivity contribution in [1.82, 2.24) is 0 Å². The maximum absolute atomic E-state index is 12.5. The molecule has 0 heterocycles. The van der Waals surface area contributed by atoms with E-state index in [-0.39, 0.29) is 34.2 Å². The van der Waals surface area contributed by atoms with Gasteiger partial charge in [0.05, 0.1) is 31.1 Å². The summed E-state index contributed by atoms with van der Waals surface area (Å²) in [5.74, 6) is -0.118. The first-order valence-electron chi connectivity index (χ1n) is 11.4. The maximum atomic E-state index is 12.5. The molecular formula is C25H35NO5. The second-order valence-corrected chi connectivity index (χ2v) is 7.95. The minimum absolute atomic E-state index is 0.161. The largest absolute Gasteiger partial charge is 0.496 e. The smallest absolute Gasteiger partial charge is 0.190 e. The average molecular weight is 430 g/mol. The number of allylic oxidation sites excluding steroid dienone is 2. The zero-order chi connectivity index (χ0) is 22.6. The van der Waals surface area contributed by atoms with Crippen molar-refractivity contribution in [2.24, 2.45) is 5.16 Å². The molecule has 1 aromatic rings. The summed E-state index contributed by atoms with van der Waals surface area (Å²) in [4.78, 5) is 24.9. The zero-order valence-corrected chi connectivity index (χ0v) is 19.0. The molecule has 0 saturated heterocycles. The van der Waals surface area contributed by atoms with Crippen molar-refractivity contribution >= 4 is 17.3 Å². The molecule has 6 nitrogen and oxygen atoms in total. The quantitative estimate of drug-likeness (QED) is 0.166. The van der Waals surface area contributed by atoms with Crippen LogP contribution in [0.4, 0.5) is 0 Å². The van der Waals surface area contributed by atoms with Crippen molar-refractivity contribution in [3.05, 3.63) is 34.9 Å². The third-order valence-corrected chi connectivity index (χ3v) is 5.75. The van der Waals surface area contributed by atoms with Crippen molar-refractivity contribution in [2.45, 2.75) is 77.6 Å². The molecule has 2 rings (SSSR count). The van der Waals surface area contributed by atoms with Crippen LogP contribution in [0.2, 0.25) is 0 Å². The summed E-state index contributed by atoms with van der Waals surface area (Å²) in [6.07, 6.45) is 15.1. The van der Waals surface area contributed by atoms with Crippen molar-refractivity contribution in [1.29, 1.82) is 0 Å². The second kappa shape index (κ2) is 12.9. The van der Waals surface area contributed by atoms with E-state index in [1.54, 1.807) is 6.07 Å². The first-order chi connectivity index (χ1) is 15.1. The van der Waals surface area contributed by atoms with E-state index in [4.69, 9.17) is 9.47 Å². The Morgan fingerprint density at radius 1 is 0.839 bits per heavy atom. The lowest BCUT2D eigenvalue weighted by Crippen LogP contribution is -2.17. The van der Waals surface area contributed by atoms with E-state index in [9.17, 15) is 14.8 Å². The minimum atomic E-state index is -0.331. The first-order valence-corrected chi connectivity index (χ1v) is 11.4. The molecule has 0 radical (unpaired) electrons. The molecule has 0 aliphatic heterocycles. The number of oxime groups is 1. The fourth-order valence-electron chi connectivity index (χ4n) is 4.04. The van der Waals surface area contributed by atoms with Gasteiger partial charge in [-0.25, -0.2) is 0 Å². The Kier molecular flexibility index (Phi) is 10.3. The van der Waals surface area contributed by atoms with Gasteiger partial charge in [-0.15, -0.1) is 0 Å². The van der Waals surface area contributed by atoms with Gasteiger partial charge >= 0.3 is 0 Å². The number of rotatable bonds is 14. The maximum Gasteiger partial charge on any atom is 0.190 e. The number of methoxy groups -OCH3 is 2. The third-order valence-electron chi connectivity index (χ3n) is 5.75. The minimum Gasteiger partial charge on any atom is -0.496 e. The van der Waals surface area contributed by atoms with Crippen LogP contribution >= 0.6 is 0 Å². The second-order valence-electron chi connectivity index (χ2n) is 7.95. The van der Waals surface area contributed by atoms with Crippen LogP contribution in [-0.2, 0) is 0 Å². The number of carbonyl (C=O) groups is 2. The summed E-state index contributed by atoms with van der Waals surface area (Å²) in [6, 6.07) is 1.62. The molecule has 1 aliphatic carbocycles. The Labute approximate surface area is 185 Å². The summed E-state index contributed by atoms with van der Waals surface area (Å²) in [5, 5.41) is 13.1. The molecular weight excluding hydrogens is 394 g/mol. The van der Waals surface area contributed by atoms with Crippen molar-refractivity contribution in [3.8, 4) is 11.5 Å². The van der Waals surface area contributed by atoms with E-state index >= 15 is 0 Å². The van der Waals surface area contributed by atoms with Gasteiger partial charge in [-0.05, 0) is 31.1 Å². The van der Waals surface area contributed by atoms with Gasteiger partial charge in [0, 0.05) is 5.56 Å². The van der Waals surface area contributed by atoms with Crippen molar-refractivity contribution < 1.29 is 24.3 Å². The molecule has 0 unspecified atom stereocenters. The van der Waals surface area contributed by atoms with E-state index in [0.717, 1.165) is 19.3 Å². The van der Waals surface area contributed by atoms with Crippen LogP contribution in [-0.4, -0.2) is 36.7 Å². The monoisotopic (exact) mass is 429 g/mol. The summed E-state index contributed by atoms with van der Waals surface area (Å²) in [7, 11) is 2.89. The van der Waals surface area contributed by atoms with Crippen LogP contribution in [0.25, 0.3) is 0 Å². The fourth-order valence-corrected chi connectivity index (χ4v) is 4.04. The van der Waals surface area contributed by atoms with Gasteiger partial charge in [0.1, 0.15) is 11.5 Å². The summed E-state index contributed by atoms with van der Waals surface area (Å²) in [6.45, 7) is 2.23. The molecule has 0 amide bonds. The highest BCUT2D eigenvalue weighted by Gasteiger charge is 2.31. The van der Waals surface area contributed by atoms with Crippen LogP contribution in [0.1, 0.15) is 104 Å². The Morgan fingerprint density at radius 3 is 1.90 bits per heavy atom. The number of hydrogen-bond acceptors (Lipinski definition) is 6. The molecule has 0 atom stereocenters. The number of fused-ring (bicyclic) bond motifs is 1. The predicted molar refractivity (Wildman–Crippen MR) is 122 cm³/mol. The van der Waals surface area contributed by atoms with Crippen molar-refractivity contribution in [2.75, 3.05) is 14.2 Å². The van der Waals surface area contributed by atoms with Gasteiger partial charge in [0.15, 0.2) is 11.6 Å². The number of nitrogens with zero attached hydrogens (tertiary/aromatic N) is 1. The molecule has 0 spiro atoms. The highest BCUT2D eigenvalue weighted by Crippen LogP contribution is 2.38. The standard InChI is InChI=1S/C25H35NO5/c1-4-5-6-7-8-9-10-11-12-13-14-19(26-29)18-17-22(30-2)23-20(27)15-16-21(28)24(23)25(18)31-3/h15-17,29H,4-14H2,1-3H3/b26-19-. The Balaban J connectivity index is 2.02. The highest BCUT2D eigenvalue weighted by molar-refractivity contribution is 6.25. The van der Waals surface area contributed by atoms with Crippen LogP contribution in [0, 0.1) is 0 Å². The van der Waals surface area contributed by atoms with E-state index < -0.39 is 0 Å². The number of ketones is 2. The molecule has 31 heavy (non-hydrogen) atoms. The highest BCUT2D eigenvalue weighted by atomic mass is 16.5. The SMILES string of the molecule is CCCCCCCCCCCC/C(=N/O)c1cc(OC)c2c(c1OC)C(=O)C=CC2=O. The van der Waals surface area contributed by atoms with Gasteiger partial charge < -0.3 is 14.7 Å². The molecule has 1 aliphatic rings. The van der Waals surface area contributed by atoms with Gasteiger partial charge in [0.25, 0.3) is 0 Å². The summed E-state index contributed by atoms with van der Waals surface area (Å²) in [5.41, 5.74) is 1.25. The zero-order valence-electron chi connectivity index (χ0n) is 19.0. The Morgan fingerprint density at radius 2 is 1.39 bits per heavy atom. The van der Waals surface area contributed by atoms with Crippen LogP contribution in [0.5, 0.6) is 11.5 Å².